The molecule has 0 bridgehead atoms. The van der Waals surface area contributed by atoms with E-state index < -0.39 is 5.63 Å². The number of fused-ring (bicyclic) bond motifs is 1. The van der Waals surface area contributed by atoms with Gasteiger partial charge in [0.1, 0.15) is 17.4 Å². The lowest BCUT2D eigenvalue weighted by Crippen LogP contribution is -2.04. The lowest BCUT2D eigenvalue weighted by molar-refractivity contribution is 0.415. The number of hydrazone groups is 1. The SMILES string of the molecule is COc1ccc(N/N=C(\C#N)c2nc(-c3cc4cc(Br)ccc4oc3=O)cs2)cc1. The van der Waals surface area contributed by atoms with E-state index in [0.29, 0.717) is 27.5 Å². The highest BCUT2D eigenvalue weighted by molar-refractivity contribution is 9.10. The van der Waals surface area contributed by atoms with Crippen LogP contribution in [-0.2, 0) is 0 Å². The maximum atomic E-state index is 12.4. The molecule has 0 radical (unpaired) electrons. The predicted octanol–water partition coefficient (Wildman–Crippen LogP) is 5.03. The van der Waals surface area contributed by atoms with Crippen LogP contribution < -0.4 is 15.8 Å². The van der Waals surface area contributed by atoms with Crippen LogP contribution in [-0.4, -0.2) is 17.8 Å². The molecule has 2 aromatic heterocycles. The smallest absolute Gasteiger partial charge is 0.345 e. The standard InChI is InChI=1S/C21H13BrN4O3S/c1-28-15-5-3-14(4-6-15)25-26-17(10-23)20-24-18(11-30-20)16-9-12-8-13(22)2-7-19(12)29-21(16)27/h2-9,11,25H,1H3/b26-17+. The number of hydrogen-bond donors (Lipinski definition) is 1. The first-order valence-corrected chi connectivity index (χ1v) is 10.3. The lowest BCUT2D eigenvalue weighted by Gasteiger charge is -2.02. The van der Waals surface area contributed by atoms with Crippen LogP contribution in [0.15, 0.2) is 72.7 Å². The molecule has 148 valence electrons. The number of aromatic nitrogens is 1. The van der Waals surface area contributed by atoms with Gasteiger partial charge in [0, 0.05) is 15.2 Å². The Balaban J connectivity index is 1.63. The number of thiazole rings is 1. The molecule has 0 fully saturated rings. The van der Waals surface area contributed by atoms with E-state index in [1.807, 2.05) is 12.1 Å². The van der Waals surface area contributed by atoms with Gasteiger partial charge in [-0.2, -0.15) is 10.4 Å². The number of nitriles is 1. The zero-order valence-corrected chi connectivity index (χ0v) is 18.0. The minimum Gasteiger partial charge on any atom is -0.497 e. The highest BCUT2D eigenvalue weighted by atomic mass is 79.9. The van der Waals surface area contributed by atoms with Crippen LogP contribution in [0, 0.1) is 11.3 Å². The van der Waals surface area contributed by atoms with Gasteiger partial charge in [0.2, 0.25) is 0 Å². The molecule has 7 nitrogen and oxygen atoms in total. The predicted molar refractivity (Wildman–Crippen MR) is 120 cm³/mol. The summed E-state index contributed by atoms with van der Waals surface area (Å²) in [5.74, 6) is 0.718. The van der Waals surface area contributed by atoms with Gasteiger partial charge in [-0.05, 0) is 48.5 Å². The second kappa shape index (κ2) is 8.49. The number of ether oxygens (including phenoxy) is 1. The van der Waals surface area contributed by atoms with Crippen LogP contribution >= 0.6 is 27.3 Å². The maximum absolute atomic E-state index is 12.4. The number of halogens is 1. The van der Waals surface area contributed by atoms with E-state index in [1.54, 1.807) is 55.0 Å². The van der Waals surface area contributed by atoms with E-state index in [1.165, 1.54) is 11.3 Å². The molecular formula is C21H13BrN4O3S. The third-order valence-electron chi connectivity index (χ3n) is 4.17. The third kappa shape index (κ3) is 4.10. The summed E-state index contributed by atoms with van der Waals surface area (Å²) in [5.41, 5.74) is 4.38. The Morgan fingerprint density at radius 1 is 1.27 bits per heavy atom. The molecule has 4 aromatic rings. The summed E-state index contributed by atoms with van der Waals surface area (Å²) >= 11 is 4.63. The summed E-state index contributed by atoms with van der Waals surface area (Å²) in [6.07, 6.45) is 0. The van der Waals surface area contributed by atoms with E-state index in [2.05, 4.69) is 31.4 Å². The largest absolute Gasteiger partial charge is 0.497 e. The lowest BCUT2D eigenvalue weighted by atomic mass is 10.1. The third-order valence-corrected chi connectivity index (χ3v) is 5.51. The quantitative estimate of drug-likeness (QED) is 0.244. The first-order valence-electron chi connectivity index (χ1n) is 8.65. The number of methoxy groups -OCH3 is 1. The Kier molecular flexibility index (Phi) is 5.61. The van der Waals surface area contributed by atoms with Gasteiger partial charge in [-0.1, -0.05) is 15.9 Å². The number of benzene rings is 2. The summed E-state index contributed by atoms with van der Waals surface area (Å²) in [4.78, 5) is 16.8. The van der Waals surface area contributed by atoms with E-state index >= 15 is 0 Å². The fourth-order valence-corrected chi connectivity index (χ4v) is 3.82. The summed E-state index contributed by atoms with van der Waals surface area (Å²) in [5, 5.41) is 16.5. The molecule has 0 saturated heterocycles. The van der Waals surface area contributed by atoms with Crippen molar-refractivity contribution in [2.45, 2.75) is 0 Å². The van der Waals surface area contributed by atoms with Crippen molar-refractivity contribution in [1.29, 1.82) is 5.26 Å². The maximum Gasteiger partial charge on any atom is 0.345 e. The second-order valence-electron chi connectivity index (χ2n) is 6.08. The molecule has 4 rings (SSSR count). The van der Waals surface area contributed by atoms with Crippen molar-refractivity contribution in [1.82, 2.24) is 4.98 Å². The Morgan fingerprint density at radius 3 is 2.80 bits per heavy atom. The first kappa shape index (κ1) is 19.8. The van der Waals surface area contributed by atoms with Crippen molar-refractivity contribution < 1.29 is 9.15 Å². The van der Waals surface area contributed by atoms with Gasteiger partial charge < -0.3 is 9.15 Å². The Hall–Kier alpha value is -3.48. The van der Waals surface area contributed by atoms with Crippen molar-refractivity contribution in [2.24, 2.45) is 5.10 Å². The minimum atomic E-state index is -0.492. The molecule has 0 saturated carbocycles. The fourth-order valence-electron chi connectivity index (χ4n) is 2.69. The van der Waals surface area contributed by atoms with Gasteiger partial charge in [-0.3, -0.25) is 5.43 Å². The molecule has 0 atom stereocenters. The zero-order chi connectivity index (χ0) is 21.1. The van der Waals surface area contributed by atoms with Crippen LogP contribution in [0.3, 0.4) is 0 Å². The molecule has 0 amide bonds. The van der Waals surface area contributed by atoms with E-state index in [0.717, 1.165) is 15.6 Å². The molecule has 9 heteroatoms. The average molecular weight is 481 g/mol. The van der Waals surface area contributed by atoms with Crippen LogP contribution in [0.1, 0.15) is 5.01 Å². The Morgan fingerprint density at radius 2 is 2.07 bits per heavy atom. The van der Waals surface area contributed by atoms with Crippen LogP contribution in [0.5, 0.6) is 5.75 Å². The van der Waals surface area contributed by atoms with Crippen molar-refractivity contribution in [3.63, 3.8) is 0 Å². The van der Waals surface area contributed by atoms with Crippen molar-refractivity contribution in [3.05, 3.63) is 73.8 Å². The first-order chi connectivity index (χ1) is 14.6. The van der Waals surface area contributed by atoms with E-state index in [4.69, 9.17) is 9.15 Å². The molecule has 0 unspecified atom stereocenters. The Bertz CT molecular complexity index is 1350. The normalized spacial score (nSPS) is 11.3. The summed E-state index contributed by atoms with van der Waals surface area (Å²) in [7, 11) is 1.59. The summed E-state index contributed by atoms with van der Waals surface area (Å²) < 4.78 is 11.4. The molecule has 1 N–H and O–H groups in total. The number of rotatable bonds is 5. The fraction of sp³-hybridized carbons (Fsp3) is 0.0476. The Labute approximate surface area is 183 Å². The van der Waals surface area contributed by atoms with E-state index in [-0.39, 0.29) is 5.71 Å². The second-order valence-corrected chi connectivity index (χ2v) is 7.85. The number of anilines is 1. The molecule has 0 spiro atoms. The summed E-state index contributed by atoms with van der Waals surface area (Å²) in [6.45, 7) is 0. The molecule has 0 aliphatic carbocycles. The van der Waals surface area contributed by atoms with Crippen molar-refractivity contribution in [3.8, 4) is 23.1 Å². The monoisotopic (exact) mass is 480 g/mol. The highest BCUT2D eigenvalue weighted by Crippen LogP contribution is 2.25. The average Bonchev–Trinajstić information content (AvgIpc) is 3.24. The van der Waals surface area contributed by atoms with Gasteiger partial charge in [-0.25, -0.2) is 9.78 Å². The molecule has 0 aliphatic heterocycles. The van der Waals surface area contributed by atoms with Crippen molar-refractivity contribution in [2.75, 3.05) is 12.5 Å². The number of nitrogens with one attached hydrogen (secondary N) is 1. The van der Waals surface area contributed by atoms with Gasteiger partial charge in [-0.15, -0.1) is 11.3 Å². The molecular weight excluding hydrogens is 468 g/mol. The van der Waals surface area contributed by atoms with Crippen LogP contribution in [0.25, 0.3) is 22.2 Å². The van der Waals surface area contributed by atoms with Gasteiger partial charge in [0.25, 0.3) is 0 Å². The highest BCUT2D eigenvalue weighted by Gasteiger charge is 2.15. The zero-order valence-electron chi connectivity index (χ0n) is 15.5. The van der Waals surface area contributed by atoms with Crippen LogP contribution in [0.2, 0.25) is 0 Å². The minimum absolute atomic E-state index is 0.106. The number of nitrogens with zero attached hydrogens (tertiary/aromatic N) is 3. The van der Waals surface area contributed by atoms with Crippen LogP contribution in [0.4, 0.5) is 5.69 Å². The van der Waals surface area contributed by atoms with E-state index in [9.17, 15) is 10.1 Å². The molecule has 0 aliphatic rings. The summed E-state index contributed by atoms with van der Waals surface area (Å²) in [6, 6.07) is 16.3. The molecule has 2 aromatic carbocycles. The topological polar surface area (TPSA) is 101 Å². The van der Waals surface area contributed by atoms with Gasteiger partial charge in [0.05, 0.1) is 24.1 Å². The number of hydrogen-bond acceptors (Lipinski definition) is 8. The van der Waals surface area contributed by atoms with Gasteiger partial charge >= 0.3 is 5.63 Å². The molecule has 2 heterocycles. The van der Waals surface area contributed by atoms with Gasteiger partial charge in [0.15, 0.2) is 10.7 Å². The molecule has 30 heavy (non-hydrogen) atoms. The van der Waals surface area contributed by atoms with Crippen molar-refractivity contribution >= 4 is 49.6 Å².